The van der Waals surface area contributed by atoms with Crippen LogP contribution in [0, 0.1) is 0 Å². The van der Waals surface area contributed by atoms with Gasteiger partial charge >= 0.3 is 0 Å². The first-order valence-electron chi connectivity index (χ1n) is 4.06. The van der Waals surface area contributed by atoms with Crippen molar-refractivity contribution < 1.29 is 0 Å². The molecule has 2 heteroatoms. The van der Waals surface area contributed by atoms with Crippen molar-refractivity contribution in [3.8, 4) is 0 Å². The summed E-state index contributed by atoms with van der Waals surface area (Å²) < 4.78 is 0. The van der Waals surface area contributed by atoms with Crippen LogP contribution in [0.5, 0.6) is 0 Å². The summed E-state index contributed by atoms with van der Waals surface area (Å²) in [6, 6.07) is 12.7. The Morgan fingerprint density at radius 1 is 1.00 bits per heavy atom. The molecule has 2 aromatic rings. The molecular formula is C11H10S2. The van der Waals surface area contributed by atoms with Crippen LogP contribution in [-0.2, 0) is 0 Å². The van der Waals surface area contributed by atoms with E-state index in [0.29, 0.717) is 0 Å². The maximum atomic E-state index is 4.30. The Bertz CT molecular complexity index is 435. The molecule has 2 aromatic carbocycles. The second kappa shape index (κ2) is 3.64. The lowest BCUT2D eigenvalue weighted by molar-refractivity contribution is 1.47. The minimum Gasteiger partial charge on any atom is -0.143 e. The van der Waals surface area contributed by atoms with Crippen LogP contribution in [0.4, 0.5) is 0 Å². The van der Waals surface area contributed by atoms with E-state index in [2.05, 4.69) is 49.2 Å². The molecule has 0 nitrogen and oxygen atoms in total. The summed E-state index contributed by atoms with van der Waals surface area (Å²) in [7, 11) is 0. The lowest BCUT2D eigenvalue weighted by Crippen LogP contribution is -1.74. The van der Waals surface area contributed by atoms with Gasteiger partial charge in [0.05, 0.1) is 0 Å². The molecule has 0 aliphatic carbocycles. The van der Waals surface area contributed by atoms with E-state index in [0.717, 1.165) is 4.90 Å². The van der Waals surface area contributed by atoms with E-state index in [1.807, 2.05) is 6.07 Å². The second-order valence-electron chi connectivity index (χ2n) is 2.90. The normalized spacial score (nSPS) is 10.6. The number of fused-ring (bicyclic) bond motifs is 1. The van der Waals surface area contributed by atoms with E-state index in [-0.39, 0.29) is 0 Å². The predicted molar refractivity (Wildman–Crippen MR) is 63.0 cm³/mol. The Hall–Kier alpha value is -0.600. The largest absolute Gasteiger partial charge is 0.143 e. The third-order valence-corrected chi connectivity index (χ3v) is 3.03. The number of thioether (sulfide) groups is 1. The molecule has 66 valence electrons. The molecule has 0 heterocycles. The van der Waals surface area contributed by atoms with Gasteiger partial charge in [-0.25, -0.2) is 0 Å². The molecular weight excluding hydrogens is 196 g/mol. The second-order valence-corrected chi connectivity index (χ2v) is 4.29. The summed E-state index contributed by atoms with van der Waals surface area (Å²) in [5.74, 6) is 0. The van der Waals surface area contributed by atoms with Gasteiger partial charge < -0.3 is 0 Å². The van der Waals surface area contributed by atoms with Crippen LogP contribution in [0.3, 0.4) is 0 Å². The summed E-state index contributed by atoms with van der Waals surface area (Å²) >= 11 is 6.07. The van der Waals surface area contributed by atoms with Gasteiger partial charge in [-0.05, 0) is 41.3 Å². The van der Waals surface area contributed by atoms with Gasteiger partial charge in [0.2, 0.25) is 0 Å². The number of rotatable bonds is 1. The maximum absolute atomic E-state index is 4.30. The zero-order valence-corrected chi connectivity index (χ0v) is 9.03. The zero-order valence-electron chi connectivity index (χ0n) is 7.32. The topological polar surface area (TPSA) is 0 Å². The molecule has 0 aliphatic rings. The SMILES string of the molecule is CSc1ccc2cc(S)ccc2c1. The molecule has 0 aliphatic heterocycles. The van der Waals surface area contributed by atoms with Gasteiger partial charge in [-0.1, -0.05) is 12.1 Å². The first-order valence-corrected chi connectivity index (χ1v) is 5.73. The molecule has 0 radical (unpaired) electrons. The van der Waals surface area contributed by atoms with Gasteiger partial charge in [-0.3, -0.25) is 0 Å². The van der Waals surface area contributed by atoms with Crippen LogP contribution in [0.15, 0.2) is 46.2 Å². The Kier molecular flexibility index (Phi) is 2.51. The highest BCUT2D eigenvalue weighted by molar-refractivity contribution is 7.98. The highest BCUT2D eigenvalue weighted by Crippen LogP contribution is 2.23. The molecule has 0 fully saturated rings. The highest BCUT2D eigenvalue weighted by atomic mass is 32.2. The number of hydrogen-bond donors (Lipinski definition) is 1. The van der Waals surface area contributed by atoms with E-state index < -0.39 is 0 Å². The van der Waals surface area contributed by atoms with Crippen molar-refractivity contribution in [1.82, 2.24) is 0 Å². The number of hydrogen-bond acceptors (Lipinski definition) is 2. The average Bonchev–Trinajstić information content (AvgIpc) is 2.17. The van der Waals surface area contributed by atoms with E-state index in [1.54, 1.807) is 11.8 Å². The molecule has 0 bridgehead atoms. The monoisotopic (exact) mass is 206 g/mol. The average molecular weight is 206 g/mol. The molecule has 0 amide bonds. The smallest absolute Gasteiger partial charge is 0.00755 e. The fraction of sp³-hybridized carbons (Fsp3) is 0.0909. The van der Waals surface area contributed by atoms with Gasteiger partial charge in [0, 0.05) is 9.79 Å². The van der Waals surface area contributed by atoms with Crippen LogP contribution < -0.4 is 0 Å². The quantitative estimate of drug-likeness (QED) is 0.546. The van der Waals surface area contributed by atoms with Gasteiger partial charge in [-0.2, -0.15) is 0 Å². The Balaban J connectivity index is 2.66. The van der Waals surface area contributed by atoms with Crippen molar-refractivity contribution in [3.63, 3.8) is 0 Å². The van der Waals surface area contributed by atoms with Crippen molar-refractivity contribution >= 4 is 35.2 Å². The summed E-state index contributed by atoms with van der Waals surface area (Å²) in [5.41, 5.74) is 0. The van der Waals surface area contributed by atoms with Crippen LogP contribution >= 0.6 is 24.4 Å². The molecule has 0 saturated heterocycles. The predicted octanol–water partition coefficient (Wildman–Crippen LogP) is 3.85. The lowest BCUT2D eigenvalue weighted by atomic mass is 10.1. The number of benzene rings is 2. The minimum atomic E-state index is 1.02. The summed E-state index contributed by atoms with van der Waals surface area (Å²) in [6.07, 6.45) is 2.09. The molecule has 13 heavy (non-hydrogen) atoms. The lowest BCUT2D eigenvalue weighted by Gasteiger charge is -2.01. The van der Waals surface area contributed by atoms with Crippen LogP contribution in [-0.4, -0.2) is 6.26 Å². The Labute approximate surface area is 87.8 Å². The van der Waals surface area contributed by atoms with Gasteiger partial charge in [0.1, 0.15) is 0 Å². The zero-order chi connectivity index (χ0) is 9.26. The molecule has 0 aromatic heterocycles. The summed E-state index contributed by atoms with van der Waals surface area (Å²) in [5, 5.41) is 2.54. The van der Waals surface area contributed by atoms with Crippen molar-refractivity contribution in [1.29, 1.82) is 0 Å². The first kappa shape index (κ1) is 8.97. The molecule has 0 unspecified atom stereocenters. The van der Waals surface area contributed by atoms with Crippen LogP contribution in [0.2, 0.25) is 0 Å². The summed E-state index contributed by atoms with van der Waals surface area (Å²) in [6.45, 7) is 0. The van der Waals surface area contributed by atoms with Crippen molar-refractivity contribution in [3.05, 3.63) is 36.4 Å². The van der Waals surface area contributed by atoms with E-state index in [1.165, 1.54) is 15.7 Å². The van der Waals surface area contributed by atoms with Gasteiger partial charge in [-0.15, -0.1) is 24.4 Å². The molecule has 0 saturated carbocycles. The van der Waals surface area contributed by atoms with Gasteiger partial charge in [0.25, 0.3) is 0 Å². The standard InChI is InChI=1S/C11H10S2/c1-13-11-5-3-8-6-10(12)4-2-9(8)7-11/h2-7,12H,1H3. The fourth-order valence-corrected chi connectivity index (χ4v) is 2.00. The Morgan fingerprint density at radius 3 is 2.46 bits per heavy atom. The van der Waals surface area contributed by atoms with Crippen LogP contribution in [0.25, 0.3) is 10.8 Å². The van der Waals surface area contributed by atoms with Gasteiger partial charge in [0.15, 0.2) is 0 Å². The van der Waals surface area contributed by atoms with E-state index >= 15 is 0 Å². The van der Waals surface area contributed by atoms with Crippen molar-refractivity contribution in [2.45, 2.75) is 9.79 Å². The minimum absolute atomic E-state index is 1.02. The van der Waals surface area contributed by atoms with Crippen molar-refractivity contribution in [2.75, 3.05) is 6.26 Å². The number of thiol groups is 1. The Morgan fingerprint density at radius 2 is 1.69 bits per heavy atom. The first-order chi connectivity index (χ1) is 6.29. The fourth-order valence-electron chi connectivity index (χ4n) is 1.34. The van der Waals surface area contributed by atoms with E-state index in [9.17, 15) is 0 Å². The molecule has 0 atom stereocenters. The third kappa shape index (κ3) is 1.84. The highest BCUT2D eigenvalue weighted by Gasteiger charge is 1.95. The molecule has 0 spiro atoms. The van der Waals surface area contributed by atoms with E-state index in [4.69, 9.17) is 0 Å². The third-order valence-electron chi connectivity index (χ3n) is 2.03. The maximum Gasteiger partial charge on any atom is 0.00755 e. The molecule has 0 N–H and O–H groups in total. The summed E-state index contributed by atoms with van der Waals surface area (Å²) in [4.78, 5) is 2.32. The van der Waals surface area contributed by atoms with Crippen molar-refractivity contribution in [2.24, 2.45) is 0 Å². The van der Waals surface area contributed by atoms with Crippen LogP contribution in [0.1, 0.15) is 0 Å². The molecule has 2 rings (SSSR count).